The van der Waals surface area contributed by atoms with E-state index in [0.29, 0.717) is 30.2 Å². The Hall–Kier alpha value is -2.57. The zero-order chi connectivity index (χ0) is 19.2. The summed E-state index contributed by atoms with van der Waals surface area (Å²) in [7, 11) is 1.35. The normalized spacial score (nSPS) is 13.9. The number of methoxy groups -OCH3 is 1. The maximum absolute atomic E-state index is 13.1. The van der Waals surface area contributed by atoms with Crippen molar-refractivity contribution in [1.29, 1.82) is 0 Å². The molecule has 3 rings (SSSR count). The molecule has 2 amide bonds. The molecule has 0 unspecified atom stereocenters. The van der Waals surface area contributed by atoms with Gasteiger partial charge in [-0.15, -0.1) is 0 Å². The fourth-order valence-electron chi connectivity index (χ4n) is 2.96. The molecule has 0 bridgehead atoms. The standard InChI is InChI=1S/C20H22ClN3O3/c1-27-19(25)16-4-2-15(3-5-16)14-24(18-8-6-17(21)7-9-18)20(26)23-12-10-22-11-13-23/h2-9,22H,10-14H2,1H3. The first-order valence-electron chi connectivity index (χ1n) is 8.78. The van der Waals surface area contributed by atoms with Crippen molar-refractivity contribution < 1.29 is 14.3 Å². The molecule has 1 fully saturated rings. The van der Waals surface area contributed by atoms with Crippen LogP contribution < -0.4 is 10.2 Å². The minimum Gasteiger partial charge on any atom is -0.465 e. The highest BCUT2D eigenvalue weighted by Crippen LogP contribution is 2.22. The van der Waals surface area contributed by atoms with Gasteiger partial charge in [0.2, 0.25) is 0 Å². The number of amides is 2. The minimum absolute atomic E-state index is 0.0455. The van der Waals surface area contributed by atoms with E-state index in [0.717, 1.165) is 24.3 Å². The Kier molecular flexibility index (Phi) is 6.32. The Balaban J connectivity index is 1.83. The summed E-state index contributed by atoms with van der Waals surface area (Å²) in [5.74, 6) is -0.381. The number of esters is 1. The largest absolute Gasteiger partial charge is 0.465 e. The molecule has 0 radical (unpaired) electrons. The van der Waals surface area contributed by atoms with E-state index in [2.05, 4.69) is 5.32 Å². The van der Waals surface area contributed by atoms with Crippen molar-refractivity contribution in [3.8, 4) is 0 Å². The monoisotopic (exact) mass is 387 g/mol. The molecule has 1 aliphatic rings. The summed E-state index contributed by atoms with van der Waals surface area (Å²) in [6.07, 6.45) is 0. The van der Waals surface area contributed by atoms with E-state index in [9.17, 15) is 9.59 Å². The van der Waals surface area contributed by atoms with Gasteiger partial charge in [0.05, 0.1) is 19.2 Å². The Morgan fingerprint density at radius 1 is 1.07 bits per heavy atom. The minimum atomic E-state index is -0.381. The lowest BCUT2D eigenvalue weighted by atomic mass is 10.1. The number of piperazine rings is 1. The molecule has 1 saturated heterocycles. The van der Waals surface area contributed by atoms with E-state index in [4.69, 9.17) is 16.3 Å². The van der Waals surface area contributed by atoms with Crippen LogP contribution in [0.5, 0.6) is 0 Å². The summed E-state index contributed by atoms with van der Waals surface area (Å²) >= 11 is 6.00. The molecular weight excluding hydrogens is 366 g/mol. The molecule has 1 heterocycles. The van der Waals surface area contributed by atoms with Gasteiger partial charge >= 0.3 is 12.0 Å². The molecule has 0 aromatic heterocycles. The van der Waals surface area contributed by atoms with Crippen LogP contribution in [0.4, 0.5) is 10.5 Å². The zero-order valence-electron chi connectivity index (χ0n) is 15.2. The van der Waals surface area contributed by atoms with Crippen LogP contribution in [0.2, 0.25) is 5.02 Å². The summed E-state index contributed by atoms with van der Waals surface area (Å²) in [6, 6.07) is 14.3. The van der Waals surface area contributed by atoms with Crippen LogP contribution in [0.25, 0.3) is 0 Å². The molecule has 1 aliphatic heterocycles. The third-order valence-corrected chi connectivity index (χ3v) is 4.72. The lowest BCUT2D eigenvalue weighted by Gasteiger charge is -2.33. The number of rotatable bonds is 4. The van der Waals surface area contributed by atoms with Crippen molar-refractivity contribution in [2.75, 3.05) is 38.2 Å². The van der Waals surface area contributed by atoms with E-state index < -0.39 is 0 Å². The molecule has 0 aliphatic carbocycles. The number of benzene rings is 2. The van der Waals surface area contributed by atoms with Gasteiger partial charge in [0.15, 0.2) is 0 Å². The van der Waals surface area contributed by atoms with Crippen LogP contribution in [0.15, 0.2) is 48.5 Å². The average Bonchev–Trinajstić information content (AvgIpc) is 2.73. The summed E-state index contributed by atoms with van der Waals surface area (Å²) in [5, 5.41) is 3.88. The summed E-state index contributed by atoms with van der Waals surface area (Å²) in [4.78, 5) is 28.3. The second-order valence-electron chi connectivity index (χ2n) is 6.27. The first kappa shape index (κ1) is 19.2. The number of hydrogen-bond donors (Lipinski definition) is 1. The second kappa shape index (κ2) is 8.88. The Labute approximate surface area is 163 Å². The molecule has 142 valence electrons. The van der Waals surface area contributed by atoms with Crippen LogP contribution in [0.3, 0.4) is 0 Å². The van der Waals surface area contributed by atoms with Crippen molar-refractivity contribution in [3.05, 3.63) is 64.7 Å². The molecular formula is C20H22ClN3O3. The SMILES string of the molecule is COC(=O)c1ccc(CN(C(=O)N2CCNCC2)c2ccc(Cl)cc2)cc1. The quantitative estimate of drug-likeness (QED) is 0.818. The fourth-order valence-corrected chi connectivity index (χ4v) is 3.09. The van der Waals surface area contributed by atoms with Crippen LogP contribution in [0, 0.1) is 0 Å². The summed E-state index contributed by atoms with van der Waals surface area (Å²) < 4.78 is 4.73. The van der Waals surface area contributed by atoms with E-state index in [1.807, 2.05) is 29.2 Å². The Bertz CT molecular complexity index is 787. The summed E-state index contributed by atoms with van der Waals surface area (Å²) in [5.41, 5.74) is 2.17. The average molecular weight is 388 g/mol. The first-order chi connectivity index (χ1) is 13.1. The summed E-state index contributed by atoms with van der Waals surface area (Å²) in [6.45, 7) is 3.31. The number of nitrogens with one attached hydrogen (secondary N) is 1. The molecule has 0 spiro atoms. The van der Waals surface area contributed by atoms with Crippen LogP contribution >= 0.6 is 11.6 Å². The van der Waals surface area contributed by atoms with Crippen LogP contribution in [0.1, 0.15) is 15.9 Å². The number of nitrogens with zero attached hydrogens (tertiary/aromatic N) is 2. The van der Waals surface area contributed by atoms with Gasteiger partial charge in [0.25, 0.3) is 0 Å². The number of carbonyl (C=O) groups excluding carboxylic acids is 2. The second-order valence-corrected chi connectivity index (χ2v) is 6.71. The molecule has 0 atom stereocenters. The smallest absolute Gasteiger partial charge is 0.337 e. The highest BCUT2D eigenvalue weighted by Gasteiger charge is 2.24. The fraction of sp³-hybridized carbons (Fsp3) is 0.300. The van der Waals surface area contributed by atoms with Gasteiger partial charge in [-0.3, -0.25) is 4.90 Å². The van der Waals surface area contributed by atoms with Gasteiger partial charge in [-0.2, -0.15) is 0 Å². The van der Waals surface area contributed by atoms with Crippen LogP contribution in [-0.4, -0.2) is 50.2 Å². The van der Waals surface area contributed by atoms with Gasteiger partial charge in [-0.05, 0) is 42.0 Å². The maximum atomic E-state index is 13.1. The molecule has 6 nitrogen and oxygen atoms in total. The zero-order valence-corrected chi connectivity index (χ0v) is 15.9. The van der Waals surface area contributed by atoms with Gasteiger partial charge in [0.1, 0.15) is 0 Å². The predicted octanol–water partition coefficient (Wildman–Crippen LogP) is 3.16. The molecule has 0 saturated carbocycles. The van der Waals surface area contributed by atoms with Crippen LogP contribution in [-0.2, 0) is 11.3 Å². The van der Waals surface area contributed by atoms with E-state index in [1.54, 1.807) is 29.2 Å². The van der Waals surface area contributed by atoms with Gasteiger partial charge in [-0.1, -0.05) is 23.7 Å². The number of halogens is 1. The van der Waals surface area contributed by atoms with Gasteiger partial charge in [-0.25, -0.2) is 9.59 Å². The van der Waals surface area contributed by atoms with Gasteiger partial charge in [0, 0.05) is 36.9 Å². The highest BCUT2D eigenvalue weighted by molar-refractivity contribution is 6.30. The molecule has 27 heavy (non-hydrogen) atoms. The van der Waals surface area contributed by atoms with Crippen molar-refractivity contribution in [2.45, 2.75) is 6.54 Å². The number of ether oxygens (including phenoxy) is 1. The van der Waals surface area contributed by atoms with Crippen molar-refractivity contribution in [1.82, 2.24) is 10.2 Å². The van der Waals surface area contributed by atoms with Crippen molar-refractivity contribution >= 4 is 29.3 Å². The van der Waals surface area contributed by atoms with Gasteiger partial charge < -0.3 is 15.0 Å². The topological polar surface area (TPSA) is 61.9 Å². The Morgan fingerprint density at radius 3 is 2.30 bits per heavy atom. The molecule has 1 N–H and O–H groups in total. The van der Waals surface area contributed by atoms with E-state index >= 15 is 0 Å². The lowest BCUT2D eigenvalue weighted by Crippen LogP contribution is -2.51. The number of urea groups is 1. The van der Waals surface area contributed by atoms with Crippen molar-refractivity contribution in [2.24, 2.45) is 0 Å². The maximum Gasteiger partial charge on any atom is 0.337 e. The molecule has 2 aromatic rings. The van der Waals surface area contributed by atoms with Crippen molar-refractivity contribution in [3.63, 3.8) is 0 Å². The number of carbonyl (C=O) groups is 2. The van der Waals surface area contributed by atoms with E-state index in [1.165, 1.54) is 7.11 Å². The number of hydrogen-bond acceptors (Lipinski definition) is 4. The molecule has 2 aromatic carbocycles. The lowest BCUT2D eigenvalue weighted by molar-refractivity contribution is 0.0600. The highest BCUT2D eigenvalue weighted by atomic mass is 35.5. The predicted molar refractivity (Wildman–Crippen MR) is 105 cm³/mol. The van der Waals surface area contributed by atoms with E-state index in [-0.39, 0.29) is 12.0 Å². The Morgan fingerprint density at radius 2 is 1.70 bits per heavy atom. The third kappa shape index (κ3) is 4.78. The number of anilines is 1. The third-order valence-electron chi connectivity index (χ3n) is 4.47. The molecule has 7 heteroatoms. The first-order valence-corrected chi connectivity index (χ1v) is 9.16.